The highest BCUT2D eigenvalue weighted by Crippen LogP contribution is 2.65. The third-order valence-electron chi connectivity index (χ3n) is 5.54. The van der Waals surface area contributed by atoms with Crippen LogP contribution in [0.3, 0.4) is 0 Å². The lowest BCUT2D eigenvalue weighted by Gasteiger charge is -2.19. The fraction of sp³-hybridized carbons (Fsp3) is 0.364. The van der Waals surface area contributed by atoms with Gasteiger partial charge in [0.1, 0.15) is 15.9 Å². The van der Waals surface area contributed by atoms with Gasteiger partial charge in [-0.1, -0.05) is 29.3 Å². The van der Waals surface area contributed by atoms with Crippen LogP contribution in [-0.2, 0) is 4.79 Å². The number of carbonyl (C=O) groups excluding carboxylic acids is 2. The minimum absolute atomic E-state index is 0.0938. The molecular weight excluding hydrogens is 582 g/mol. The number of hydrogen-bond acceptors (Lipinski definition) is 3. The number of ether oxygens (including phenoxy) is 1. The van der Waals surface area contributed by atoms with Gasteiger partial charge < -0.3 is 10.1 Å². The smallest absolute Gasteiger partial charge is 0.453 e. The summed E-state index contributed by atoms with van der Waals surface area (Å²) in [5, 5.41) is 2.01. The first-order valence-corrected chi connectivity index (χ1v) is 11.5. The fourth-order valence-electron chi connectivity index (χ4n) is 3.62. The molecule has 1 fully saturated rings. The largest absolute Gasteiger partial charge is 0.494 e. The van der Waals surface area contributed by atoms with Gasteiger partial charge in [-0.25, -0.2) is 4.39 Å². The first-order chi connectivity index (χ1) is 16.5. The fourth-order valence-corrected chi connectivity index (χ4v) is 4.93. The first kappa shape index (κ1) is 28.7. The van der Waals surface area contributed by atoms with Crippen molar-refractivity contribution in [1.29, 1.82) is 0 Å². The molecule has 1 saturated carbocycles. The molecule has 0 spiro atoms. The number of methoxy groups -OCH3 is 1. The SMILES string of the molecule is COc1c(Cl)cc(NC(=O)C2C(c3ccc(F)c(Cl)c3)C2(Cl)Cl)cc1C(=O)CCC(F)(F)C(F)(F)F. The zero-order chi connectivity index (χ0) is 27.2. The van der Waals surface area contributed by atoms with Crippen molar-refractivity contribution in [3.05, 3.63) is 57.3 Å². The number of anilines is 1. The van der Waals surface area contributed by atoms with Crippen molar-refractivity contribution < 1.29 is 40.7 Å². The summed E-state index contributed by atoms with van der Waals surface area (Å²) in [6.45, 7) is 0. The minimum Gasteiger partial charge on any atom is -0.494 e. The van der Waals surface area contributed by atoms with Crippen LogP contribution >= 0.6 is 46.4 Å². The normalized spacial score (nSPS) is 19.1. The predicted molar refractivity (Wildman–Crippen MR) is 123 cm³/mol. The van der Waals surface area contributed by atoms with Crippen LogP contribution in [0.15, 0.2) is 30.3 Å². The summed E-state index contributed by atoms with van der Waals surface area (Å²) in [7, 11) is 1.11. The number of ketones is 1. The number of amides is 1. The molecule has 4 nitrogen and oxygen atoms in total. The highest BCUT2D eigenvalue weighted by molar-refractivity contribution is 6.53. The van der Waals surface area contributed by atoms with E-state index in [1.165, 1.54) is 18.2 Å². The third kappa shape index (κ3) is 5.66. The maximum Gasteiger partial charge on any atom is 0.453 e. The maximum absolute atomic E-state index is 13.5. The van der Waals surface area contributed by atoms with Gasteiger partial charge in [-0.05, 0) is 29.8 Å². The Balaban J connectivity index is 1.82. The summed E-state index contributed by atoms with van der Waals surface area (Å²) in [4.78, 5) is 25.4. The van der Waals surface area contributed by atoms with Crippen molar-refractivity contribution in [2.75, 3.05) is 12.4 Å². The van der Waals surface area contributed by atoms with Gasteiger partial charge in [0, 0.05) is 24.4 Å². The Bertz CT molecular complexity index is 1210. The van der Waals surface area contributed by atoms with E-state index in [1.54, 1.807) is 0 Å². The van der Waals surface area contributed by atoms with Crippen molar-refractivity contribution in [3.63, 3.8) is 0 Å². The second kappa shape index (κ2) is 10.1. The monoisotopic (exact) mass is 595 g/mol. The lowest BCUT2D eigenvalue weighted by molar-refractivity contribution is -0.283. The van der Waals surface area contributed by atoms with E-state index in [4.69, 9.17) is 51.1 Å². The van der Waals surface area contributed by atoms with E-state index >= 15 is 0 Å². The molecule has 2 atom stereocenters. The zero-order valence-corrected chi connectivity index (χ0v) is 21.0. The van der Waals surface area contributed by atoms with Gasteiger partial charge in [0.2, 0.25) is 5.91 Å². The summed E-state index contributed by atoms with van der Waals surface area (Å²) in [5.74, 6) is -9.69. The van der Waals surface area contributed by atoms with Gasteiger partial charge in [-0.15, -0.1) is 23.2 Å². The third-order valence-corrected chi connectivity index (χ3v) is 7.05. The van der Waals surface area contributed by atoms with Crippen LogP contribution in [0.4, 0.5) is 32.0 Å². The van der Waals surface area contributed by atoms with Crippen LogP contribution in [0, 0.1) is 11.7 Å². The molecule has 3 rings (SSSR count). The molecule has 1 amide bonds. The summed E-state index contributed by atoms with van der Waals surface area (Å²) in [5.41, 5.74) is -0.122. The molecular formula is C22H15Cl4F6NO3. The molecule has 1 aliphatic carbocycles. The topological polar surface area (TPSA) is 55.4 Å². The van der Waals surface area contributed by atoms with Gasteiger partial charge in [0.25, 0.3) is 0 Å². The molecule has 0 heterocycles. The Morgan fingerprint density at radius 3 is 2.25 bits per heavy atom. The molecule has 0 radical (unpaired) electrons. The molecule has 14 heteroatoms. The number of benzene rings is 2. The van der Waals surface area contributed by atoms with E-state index < -0.39 is 64.2 Å². The molecule has 0 saturated heterocycles. The maximum atomic E-state index is 13.5. The van der Waals surface area contributed by atoms with Gasteiger partial charge in [-0.3, -0.25) is 9.59 Å². The standard InChI is InChI=1S/C22H15Cl4F6NO3/c1-36-18-11(15(34)4-5-20(28,29)22(30,31)32)7-10(8-13(18)24)33-19(35)17-16(21(17,25)26)9-2-3-14(27)12(23)6-9/h2-3,6-8,16-17H,4-5H2,1H3,(H,33,35). The number of nitrogens with one attached hydrogen (secondary N) is 1. The van der Waals surface area contributed by atoms with Crippen LogP contribution in [0.25, 0.3) is 0 Å². The Kier molecular flexibility index (Phi) is 8.06. The van der Waals surface area contributed by atoms with E-state index in [-0.39, 0.29) is 21.5 Å². The van der Waals surface area contributed by atoms with Gasteiger partial charge in [-0.2, -0.15) is 22.0 Å². The van der Waals surface area contributed by atoms with Crippen LogP contribution < -0.4 is 10.1 Å². The lowest BCUT2D eigenvalue weighted by Crippen LogP contribution is -2.36. The van der Waals surface area contributed by atoms with Crippen molar-refractivity contribution in [3.8, 4) is 5.75 Å². The number of rotatable bonds is 8. The quantitative estimate of drug-likeness (QED) is 0.192. The van der Waals surface area contributed by atoms with Crippen molar-refractivity contribution in [2.45, 2.75) is 35.2 Å². The second-order valence-electron chi connectivity index (χ2n) is 7.96. The molecule has 2 unspecified atom stereocenters. The first-order valence-electron chi connectivity index (χ1n) is 10.00. The lowest BCUT2D eigenvalue weighted by atomic mass is 10.0. The zero-order valence-electron chi connectivity index (χ0n) is 18.0. The Morgan fingerprint density at radius 2 is 1.69 bits per heavy atom. The molecule has 0 aromatic heterocycles. The molecule has 1 aliphatic rings. The summed E-state index contributed by atoms with van der Waals surface area (Å²) in [6.07, 6.45) is -8.80. The van der Waals surface area contributed by atoms with Crippen molar-refractivity contribution in [2.24, 2.45) is 5.92 Å². The average Bonchev–Trinajstić information content (AvgIpc) is 3.34. The van der Waals surface area contributed by atoms with E-state index in [9.17, 15) is 35.9 Å². The van der Waals surface area contributed by atoms with Crippen molar-refractivity contribution in [1.82, 2.24) is 0 Å². The molecule has 0 bridgehead atoms. The highest BCUT2D eigenvalue weighted by Gasteiger charge is 2.67. The summed E-state index contributed by atoms with van der Waals surface area (Å²) >= 11 is 24.3. The Hall–Kier alpha value is -1.88. The van der Waals surface area contributed by atoms with E-state index in [0.29, 0.717) is 5.56 Å². The predicted octanol–water partition coefficient (Wildman–Crippen LogP) is 7.83. The molecule has 36 heavy (non-hydrogen) atoms. The van der Waals surface area contributed by atoms with Gasteiger partial charge in [0.15, 0.2) is 5.78 Å². The molecule has 1 N–H and O–H groups in total. The van der Waals surface area contributed by atoms with Gasteiger partial charge in [0.05, 0.1) is 28.6 Å². The van der Waals surface area contributed by atoms with Crippen molar-refractivity contribution >= 4 is 63.8 Å². The number of alkyl halides is 7. The molecule has 2 aromatic carbocycles. The number of hydrogen-bond donors (Lipinski definition) is 1. The highest BCUT2D eigenvalue weighted by atomic mass is 35.5. The molecule has 196 valence electrons. The Labute approximate surface area is 220 Å². The number of Topliss-reactive ketones (excluding diaryl/α,β-unsaturated/α-hetero) is 1. The Morgan fingerprint density at radius 1 is 1.06 bits per heavy atom. The summed E-state index contributed by atoms with van der Waals surface area (Å²) < 4.78 is 80.7. The average molecular weight is 597 g/mol. The number of carbonyl (C=O) groups is 2. The van der Waals surface area contributed by atoms with Gasteiger partial charge >= 0.3 is 12.1 Å². The van der Waals surface area contributed by atoms with Crippen LogP contribution in [0.5, 0.6) is 5.75 Å². The van der Waals surface area contributed by atoms with Crippen LogP contribution in [0.2, 0.25) is 10.0 Å². The van der Waals surface area contributed by atoms with Crippen LogP contribution in [-0.4, -0.2) is 35.2 Å². The summed E-state index contributed by atoms with van der Waals surface area (Å²) in [6, 6.07) is 5.91. The van der Waals surface area contributed by atoms with E-state index in [0.717, 1.165) is 19.2 Å². The molecule has 2 aromatic rings. The minimum atomic E-state index is -5.82. The van der Waals surface area contributed by atoms with E-state index in [2.05, 4.69) is 5.32 Å². The van der Waals surface area contributed by atoms with E-state index in [1.807, 2.05) is 0 Å². The second-order valence-corrected chi connectivity index (χ2v) is 10.2. The van der Waals surface area contributed by atoms with Crippen LogP contribution in [0.1, 0.15) is 34.7 Å². The number of halogens is 10. The molecule has 0 aliphatic heterocycles.